The second-order valence-electron chi connectivity index (χ2n) is 8.18. The molecule has 33 heavy (non-hydrogen) atoms. The zero-order valence-corrected chi connectivity index (χ0v) is 19.9. The summed E-state index contributed by atoms with van der Waals surface area (Å²) in [6, 6.07) is 18.6. The van der Waals surface area contributed by atoms with Gasteiger partial charge in [0, 0.05) is 11.1 Å². The largest absolute Gasteiger partial charge is 0.492 e. The number of hydrogen-bond donors (Lipinski definition) is 1. The van der Waals surface area contributed by atoms with E-state index in [0.717, 1.165) is 28.9 Å². The number of carbonyl (C=O) groups is 1. The third-order valence-corrected chi connectivity index (χ3v) is 7.58. The Morgan fingerprint density at radius 3 is 2.48 bits per heavy atom. The lowest BCUT2D eigenvalue weighted by Gasteiger charge is -2.33. The van der Waals surface area contributed by atoms with Crippen molar-refractivity contribution in [2.45, 2.75) is 32.1 Å². The maximum atomic E-state index is 13.4. The van der Waals surface area contributed by atoms with Crippen molar-refractivity contribution in [1.82, 2.24) is 5.32 Å². The first-order valence-corrected chi connectivity index (χ1v) is 12.5. The van der Waals surface area contributed by atoms with Crippen molar-refractivity contribution in [1.29, 1.82) is 0 Å². The lowest BCUT2D eigenvalue weighted by Crippen LogP contribution is -2.43. The maximum Gasteiger partial charge on any atom is 0.265 e. The minimum Gasteiger partial charge on any atom is -0.492 e. The number of sulfonamides is 1. The standard InChI is InChI=1S/C26H28N2O4S/c1-4-20-9-11-21(12-10-20)32-14-13-27-25(29)17-28-23-16-18(2)15-19(3)26(23)22-7-5-6-8-24(22)33(28,30)31/h5-12,15-16H,4,13-14,17H2,1-3H3,(H,27,29). The highest BCUT2D eigenvalue weighted by atomic mass is 32.2. The van der Waals surface area contributed by atoms with Gasteiger partial charge in [0.25, 0.3) is 10.0 Å². The van der Waals surface area contributed by atoms with E-state index in [9.17, 15) is 13.2 Å². The number of benzene rings is 3. The highest BCUT2D eigenvalue weighted by Crippen LogP contribution is 2.45. The molecule has 1 heterocycles. The monoisotopic (exact) mass is 464 g/mol. The molecule has 0 aliphatic carbocycles. The minimum atomic E-state index is -3.86. The molecule has 0 atom stereocenters. The van der Waals surface area contributed by atoms with E-state index in [1.165, 1.54) is 9.87 Å². The molecule has 0 fully saturated rings. The molecule has 0 unspecified atom stereocenters. The Morgan fingerprint density at radius 2 is 1.76 bits per heavy atom. The van der Waals surface area contributed by atoms with Gasteiger partial charge in [-0.3, -0.25) is 9.10 Å². The van der Waals surface area contributed by atoms with Crippen LogP contribution in [0.5, 0.6) is 5.75 Å². The summed E-state index contributed by atoms with van der Waals surface area (Å²) in [5, 5.41) is 2.77. The minimum absolute atomic E-state index is 0.219. The molecule has 7 heteroatoms. The van der Waals surface area contributed by atoms with Gasteiger partial charge < -0.3 is 10.1 Å². The molecular weight excluding hydrogens is 436 g/mol. The van der Waals surface area contributed by atoms with Gasteiger partial charge in [-0.05, 0) is 61.2 Å². The van der Waals surface area contributed by atoms with E-state index in [0.29, 0.717) is 17.9 Å². The van der Waals surface area contributed by atoms with Gasteiger partial charge in [-0.15, -0.1) is 0 Å². The molecule has 0 aromatic heterocycles. The average Bonchev–Trinajstić information content (AvgIpc) is 2.79. The van der Waals surface area contributed by atoms with Crippen LogP contribution in [0, 0.1) is 13.8 Å². The number of aryl methyl sites for hydroxylation is 3. The van der Waals surface area contributed by atoms with Crippen LogP contribution in [0.15, 0.2) is 65.6 Å². The number of nitrogens with zero attached hydrogens (tertiary/aromatic N) is 1. The molecule has 1 amide bonds. The fraction of sp³-hybridized carbons (Fsp3) is 0.269. The van der Waals surface area contributed by atoms with E-state index >= 15 is 0 Å². The van der Waals surface area contributed by atoms with E-state index in [2.05, 4.69) is 12.2 Å². The predicted molar refractivity (Wildman–Crippen MR) is 130 cm³/mol. The summed E-state index contributed by atoms with van der Waals surface area (Å²) in [6.45, 7) is 6.25. The molecule has 1 aliphatic heterocycles. The molecule has 3 aromatic carbocycles. The first kappa shape index (κ1) is 22.9. The third-order valence-electron chi connectivity index (χ3n) is 5.76. The fourth-order valence-corrected chi connectivity index (χ4v) is 5.80. The van der Waals surface area contributed by atoms with Crippen LogP contribution in [0.3, 0.4) is 0 Å². The van der Waals surface area contributed by atoms with Crippen molar-refractivity contribution in [3.63, 3.8) is 0 Å². The number of ether oxygens (including phenoxy) is 1. The van der Waals surface area contributed by atoms with Crippen molar-refractivity contribution >= 4 is 21.6 Å². The van der Waals surface area contributed by atoms with Gasteiger partial charge in [0.1, 0.15) is 18.9 Å². The Bertz CT molecular complexity index is 1280. The van der Waals surface area contributed by atoms with Gasteiger partial charge in [-0.1, -0.05) is 43.3 Å². The van der Waals surface area contributed by atoms with Gasteiger partial charge in [-0.25, -0.2) is 8.42 Å². The zero-order valence-electron chi connectivity index (χ0n) is 19.1. The smallest absolute Gasteiger partial charge is 0.265 e. The van der Waals surface area contributed by atoms with Crippen molar-refractivity contribution in [3.8, 4) is 16.9 Å². The molecule has 3 aromatic rings. The highest BCUT2D eigenvalue weighted by Gasteiger charge is 2.36. The Morgan fingerprint density at radius 1 is 1.03 bits per heavy atom. The number of anilines is 1. The van der Waals surface area contributed by atoms with Crippen LogP contribution in [-0.4, -0.2) is 34.0 Å². The lowest BCUT2D eigenvalue weighted by molar-refractivity contribution is -0.119. The second kappa shape index (κ2) is 9.27. The molecule has 0 bridgehead atoms. The van der Waals surface area contributed by atoms with Crippen LogP contribution in [0.4, 0.5) is 5.69 Å². The van der Waals surface area contributed by atoms with Crippen molar-refractivity contribution < 1.29 is 17.9 Å². The summed E-state index contributed by atoms with van der Waals surface area (Å²) in [6.07, 6.45) is 0.961. The number of hydrogen-bond acceptors (Lipinski definition) is 4. The zero-order chi connectivity index (χ0) is 23.6. The van der Waals surface area contributed by atoms with Gasteiger partial charge in [0.2, 0.25) is 5.91 Å². The molecule has 172 valence electrons. The molecule has 0 spiro atoms. The van der Waals surface area contributed by atoms with Gasteiger partial charge in [-0.2, -0.15) is 0 Å². The normalized spacial score (nSPS) is 13.7. The SMILES string of the molecule is CCc1ccc(OCCNC(=O)CN2c3cc(C)cc(C)c3-c3ccccc3S2(=O)=O)cc1. The number of carbonyl (C=O) groups excluding carboxylic acids is 1. The summed E-state index contributed by atoms with van der Waals surface area (Å²) >= 11 is 0. The summed E-state index contributed by atoms with van der Waals surface area (Å²) in [5.41, 5.74) is 5.19. The summed E-state index contributed by atoms with van der Waals surface area (Å²) in [7, 11) is -3.86. The van der Waals surface area contributed by atoms with E-state index in [1.807, 2.05) is 62.4 Å². The van der Waals surface area contributed by atoms with Crippen LogP contribution in [0.2, 0.25) is 0 Å². The molecule has 1 aliphatic rings. The summed E-state index contributed by atoms with van der Waals surface area (Å²) < 4.78 is 33.7. The Balaban J connectivity index is 1.48. The molecule has 4 rings (SSSR count). The molecule has 0 radical (unpaired) electrons. The van der Waals surface area contributed by atoms with E-state index in [4.69, 9.17) is 4.74 Å². The quantitative estimate of drug-likeness (QED) is 0.531. The predicted octanol–water partition coefficient (Wildman–Crippen LogP) is 4.24. The Labute approximate surface area is 195 Å². The van der Waals surface area contributed by atoms with Gasteiger partial charge in [0.05, 0.1) is 17.1 Å². The molecule has 0 saturated carbocycles. The van der Waals surface area contributed by atoms with Crippen LogP contribution < -0.4 is 14.4 Å². The molecular formula is C26H28N2O4S. The van der Waals surface area contributed by atoms with Crippen LogP contribution in [0.1, 0.15) is 23.6 Å². The summed E-state index contributed by atoms with van der Waals surface area (Å²) in [4.78, 5) is 12.9. The van der Waals surface area contributed by atoms with Crippen molar-refractivity contribution in [3.05, 3.63) is 77.4 Å². The second-order valence-corrected chi connectivity index (χ2v) is 10.0. The van der Waals surface area contributed by atoms with Gasteiger partial charge in [0.15, 0.2) is 0 Å². The van der Waals surface area contributed by atoms with Crippen molar-refractivity contribution in [2.24, 2.45) is 0 Å². The Hall–Kier alpha value is -3.32. The first-order chi connectivity index (χ1) is 15.8. The fourth-order valence-electron chi connectivity index (χ4n) is 4.18. The number of rotatable bonds is 7. The molecule has 1 N–H and O–H groups in total. The van der Waals surface area contributed by atoms with Crippen LogP contribution in [0.25, 0.3) is 11.1 Å². The van der Waals surface area contributed by atoms with E-state index < -0.39 is 10.0 Å². The van der Waals surface area contributed by atoms with Crippen LogP contribution in [-0.2, 0) is 21.2 Å². The number of fused-ring (bicyclic) bond motifs is 3. The van der Waals surface area contributed by atoms with Gasteiger partial charge >= 0.3 is 0 Å². The topological polar surface area (TPSA) is 75.7 Å². The van der Waals surface area contributed by atoms with E-state index in [1.54, 1.807) is 12.1 Å². The average molecular weight is 465 g/mol. The van der Waals surface area contributed by atoms with E-state index in [-0.39, 0.29) is 23.9 Å². The summed E-state index contributed by atoms with van der Waals surface area (Å²) in [5.74, 6) is 0.351. The first-order valence-electron chi connectivity index (χ1n) is 11.0. The number of amides is 1. The Kier molecular flexibility index (Phi) is 6.42. The lowest BCUT2D eigenvalue weighted by atomic mass is 9.96. The van der Waals surface area contributed by atoms with Crippen LogP contribution >= 0.6 is 0 Å². The third kappa shape index (κ3) is 4.59. The maximum absolute atomic E-state index is 13.4. The molecule has 6 nitrogen and oxygen atoms in total. The highest BCUT2D eigenvalue weighted by molar-refractivity contribution is 7.93. The molecule has 0 saturated heterocycles. The van der Waals surface area contributed by atoms with Crippen molar-refractivity contribution in [2.75, 3.05) is 24.0 Å². The number of nitrogens with one attached hydrogen (secondary N) is 1.